The molecule has 0 atom stereocenters. The van der Waals surface area contributed by atoms with Crippen molar-refractivity contribution in [2.45, 2.75) is 60.5 Å². The molecule has 0 amide bonds. The number of benzene rings is 1. The molecule has 0 fully saturated rings. The predicted molar refractivity (Wildman–Crippen MR) is 75.4 cm³/mol. The standard InChI is InChI=1S/C16H9F17/c17-9(18,7-6-8-4-2-1-3-5-8)10(19,20)11(21,22)12(23,24)13(25,26)14(27,28)15(29,30)16(31,32)33/h1-5H,6-7H2. The van der Waals surface area contributed by atoms with Crippen molar-refractivity contribution in [3.8, 4) is 0 Å². The van der Waals surface area contributed by atoms with Gasteiger partial charge in [0.2, 0.25) is 0 Å². The third-order valence-electron chi connectivity index (χ3n) is 4.36. The van der Waals surface area contributed by atoms with E-state index >= 15 is 0 Å². The van der Waals surface area contributed by atoms with Crippen molar-refractivity contribution in [3.63, 3.8) is 0 Å². The highest BCUT2D eigenvalue weighted by atomic mass is 19.4. The first-order valence-electron chi connectivity index (χ1n) is 8.08. The van der Waals surface area contributed by atoms with Crippen LogP contribution in [0.4, 0.5) is 74.6 Å². The van der Waals surface area contributed by atoms with Crippen LogP contribution in [-0.2, 0) is 6.42 Å². The van der Waals surface area contributed by atoms with Crippen molar-refractivity contribution in [3.05, 3.63) is 35.9 Å². The van der Waals surface area contributed by atoms with Crippen molar-refractivity contribution < 1.29 is 74.6 Å². The normalized spacial score (nSPS) is 15.7. The van der Waals surface area contributed by atoms with Gasteiger partial charge < -0.3 is 0 Å². The molecule has 0 N–H and O–H groups in total. The third-order valence-corrected chi connectivity index (χ3v) is 4.36. The fourth-order valence-electron chi connectivity index (χ4n) is 2.30. The van der Waals surface area contributed by atoms with Gasteiger partial charge in [0.05, 0.1) is 0 Å². The van der Waals surface area contributed by atoms with Crippen molar-refractivity contribution in [2.24, 2.45) is 0 Å². The van der Waals surface area contributed by atoms with Gasteiger partial charge in [-0.25, -0.2) is 0 Å². The van der Waals surface area contributed by atoms with Crippen LogP contribution in [0.1, 0.15) is 12.0 Å². The van der Waals surface area contributed by atoms with Gasteiger partial charge in [0, 0.05) is 6.42 Å². The number of halogens is 17. The Morgan fingerprint density at radius 2 is 0.758 bits per heavy atom. The van der Waals surface area contributed by atoms with Gasteiger partial charge >= 0.3 is 47.6 Å². The highest BCUT2D eigenvalue weighted by molar-refractivity contribution is 5.17. The van der Waals surface area contributed by atoms with Crippen molar-refractivity contribution in [1.29, 1.82) is 0 Å². The minimum Gasteiger partial charge on any atom is -0.200 e. The van der Waals surface area contributed by atoms with E-state index in [1.807, 2.05) is 0 Å². The maximum Gasteiger partial charge on any atom is 0.460 e. The molecule has 1 aromatic carbocycles. The fourth-order valence-corrected chi connectivity index (χ4v) is 2.30. The highest BCUT2D eigenvalue weighted by Gasteiger charge is 2.95. The molecule has 0 saturated carbocycles. The van der Waals surface area contributed by atoms with Crippen molar-refractivity contribution in [1.82, 2.24) is 0 Å². The molecular formula is C16H9F17. The maximum atomic E-state index is 13.7. The summed E-state index contributed by atoms with van der Waals surface area (Å²) in [5.41, 5.74) is -0.287. The van der Waals surface area contributed by atoms with Gasteiger partial charge in [-0.05, 0) is 12.0 Å². The van der Waals surface area contributed by atoms with Crippen molar-refractivity contribution in [2.75, 3.05) is 0 Å². The third kappa shape index (κ3) is 4.19. The molecule has 0 aliphatic rings. The first-order valence-corrected chi connectivity index (χ1v) is 8.08. The summed E-state index contributed by atoms with van der Waals surface area (Å²) in [5.74, 6) is -56.0. The summed E-state index contributed by atoms with van der Waals surface area (Å²) in [5, 5.41) is 0. The number of rotatable bonds is 9. The predicted octanol–water partition coefficient (Wildman–Crippen LogP) is 7.63. The summed E-state index contributed by atoms with van der Waals surface area (Å²) in [6.45, 7) is 0. The van der Waals surface area contributed by atoms with Crippen LogP contribution in [0, 0.1) is 0 Å². The number of hydrogen-bond donors (Lipinski definition) is 0. The Hall–Kier alpha value is -1.97. The monoisotopic (exact) mass is 524 g/mol. The van der Waals surface area contributed by atoms with Crippen LogP contribution in [0.2, 0.25) is 0 Å². The molecule has 0 aliphatic carbocycles. The second-order valence-corrected chi connectivity index (χ2v) is 6.63. The average Bonchev–Trinajstić information content (AvgIpc) is 2.65. The van der Waals surface area contributed by atoms with E-state index in [1.165, 1.54) is 6.07 Å². The summed E-state index contributed by atoms with van der Waals surface area (Å²) in [6, 6.07) is 5.42. The fraction of sp³-hybridized carbons (Fsp3) is 0.625. The zero-order valence-electron chi connectivity index (χ0n) is 15.2. The molecule has 0 heterocycles. The molecule has 0 unspecified atom stereocenters. The zero-order valence-corrected chi connectivity index (χ0v) is 15.2. The first kappa shape index (κ1) is 29.1. The zero-order chi connectivity index (χ0) is 26.5. The minimum atomic E-state index is -8.60. The van der Waals surface area contributed by atoms with E-state index in [0.29, 0.717) is 0 Å². The van der Waals surface area contributed by atoms with E-state index in [-0.39, 0.29) is 5.56 Å². The minimum absolute atomic E-state index is 0.287. The first-order chi connectivity index (χ1) is 14.3. The van der Waals surface area contributed by atoms with Crippen LogP contribution in [-0.4, -0.2) is 47.6 Å². The van der Waals surface area contributed by atoms with E-state index in [2.05, 4.69) is 0 Å². The van der Waals surface area contributed by atoms with Crippen LogP contribution < -0.4 is 0 Å². The van der Waals surface area contributed by atoms with E-state index in [4.69, 9.17) is 0 Å². The van der Waals surface area contributed by atoms with Gasteiger partial charge in [-0.15, -0.1) is 0 Å². The second-order valence-electron chi connectivity index (χ2n) is 6.63. The van der Waals surface area contributed by atoms with Crippen LogP contribution in [0.25, 0.3) is 0 Å². The summed E-state index contributed by atoms with van der Waals surface area (Å²) >= 11 is 0. The van der Waals surface area contributed by atoms with E-state index in [9.17, 15) is 74.6 Å². The van der Waals surface area contributed by atoms with Gasteiger partial charge in [-0.2, -0.15) is 74.6 Å². The SMILES string of the molecule is FC(F)(F)C(F)(F)C(F)(F)C(F)(F)C(F)(F)C(F)(F)C(F)(F)C(F)(F)CCc1ccccc1. The summed E-state index contributed by atoms with van der Waals surface area (Å²) in [7, 11) is 0. The smallest absolute Gasteiger partial charge is 0.200 e. The molecule has 0 saturated heterocycles. The van der Waals surface area contributed by atoms with E-state index in [0.717, 1.165) is 24.3 Å². The van der Waals surface area contributed by atoms with Crippen LogP contribution >= 0.6 is 0 Å². The Balaban J connectivity index is 3.46. The number of aryl methyl sites for hydroxylation is 1. The maximum absolute atomic E-state index is 13.7. The Morgan fingerprint density at radius 1 is 0.424 bits per heavy atom. The molecule has 1 rings (SSSR count). The lowest BCUT2D eigenvalue weighted by atomic mass is 9.87. The molecule has 0 spiro atoms. The highest BCUT2D eigenvalue weighted by Crippen LogP contribution is 2.64. The molecule has 0 aromatic heterocycles. The summed E-state index contributed by atoms with van der Waals surface area (Å²) < 4.78 is 223. The van der Waals surface area contributed by atoms with E-state index in [1.54, 1.807) is 0 Å². The molecule has 17 heteroatoms. The lowest BCUT2D eigenvalue weighted by Crippen LogP contribution is -2.74. The van der Waals surface area contributed by atoms with Gasteiger partial charge in [-0.1, -0.05) is 30.3 Å². The van der Waals surface area contributed by atoms with Gasteiger partial charge in [0.25, 0.3) is 0 Å². The van der Waals surface area contributed by atoms with Crippen LogP contribution in [0.15, 0.2) is 30.3 Å². The second kappa shape index (κ2) is 8.06. The quantitative estimate of drug-likeness (QED) is 0.292. The average molecular weight is 524 g/mol. The molecule has 0 radical (unpaired) electrons. The molecule has 0 aliphatic heterocycles. The van der Waals surface area contributed by atoms with Crippen molar-refractivity contribution >= 4 is 0 Å². The molecule has 0 bridgehead atoms. The van der Waals surface area contributed by atoms with Crippen LogP contribution in [0.5, 0.6) is 0 Å². The van der Waals surface area contributed by atoms with Gasteiger partial charge in [0.1, 0.15) is 0 Å². The number of alkyl halides is 17. The Kier molecular flexibility index (Phi) is 7.10. The molecule has 33 heavy (non-hydrogen) atoms. The van der Waals surface area contributed by atoms with Gasteiger partial charge in [0.15, 0.2) is 0 Å². The molecule has 1 aromatic rings. The lowest BCUT2D eigenvalue weighted by Gasteiger charge is -2.42. The van der Waals surface area contributed by atoms with Crippen LogP contribution in [0.3, 0.4) is 0 Å². The van der Waals surface area contributed by atoms with Gasteiger partial charge in [-0.3, -0.25) is 0 Å². The number of hydrogen-bond acceptors (Lipinski definition) is 0. The van der Waals surface area contributed by atoms with E-state index < -0.39 is 60.5 Å². The Bertz CT molecular complexity index is 806. The molecule has 0 nitrogen and oxygen atoms in total. The Labute approximate surface area is 172 Å². The summed E-state index contributed by atoms with van der Waals surface area (Å²) in [6.07, 6.45) is -11.5. The Morgan fingerprint density at radius 3 is 1.12 bits per heavy atom. The topological polar surface area (TPSA) is 0 Å². The molecule has 192 valence electrons. The largest absolute Gasteiger partial charge is 0.460 e. The summed E-state index contributed by atoms with van der Waals surface area (Å²) in [4.78, 5) is 0. The molecular weight excluding hydrogens is 515 g/mol. The lowest BCUT2D eigenvalue weighted by molar-refractivity contribution is -0.461.